The first-order valence-corrected chi connectivity index (χ1v) is 9.08. The minimum absolute atomic E-state index is 0.274. The Morgan fingerprint density at radius 1 is 1.21 bits per heavy atom. The van der Waals surface area contributed by atoms with E-state index in [1.54, 1.807) is 6.08 Å². The van der Waals surface area contributed by atoms with Crippen LogP contribution in [0.4, 0.5) is 10.1 Å². The van der Waals surface area contributed by atoms with E-state index in [1.165, 1.54) is 18.2 Å². The van der Waals surface area contributed by atoms with Crippen molar-refractivity contribution in [3.8, 4) is 0 Å². The maximum atomic E-state index is 13.5. The highest BCUT2D eigenvalue weighted by Crippen LogP contribution is 2.28. The van der Waals surface area contributed by atoms with E-state index < -0.39 is 17.6 Å². The quantitative estimate of drug-likeness (QED) is 0.584. The largest absolute Gasteiger partial charge is 0.460 e. The number of benzene rings is 2. The number of unbranched alkanes of at least 4 members (excludes halogenated alkanes) is 1. The molecule has 28 heavy (non-hydrogen) atoms. The number of nitrogens with one attached hydrogen (secondary N) is 1. The summed E-state index contributed by atoms with van der Waals surface area (Å²) in [5.74, 6) is -1.19. The zero-order valence-electron chi connectivity index (χ0n) is 15.5. The summed E-state index contributed by atoms with van der Waals surface area (Å²) in [6.45, 7) is 2.11. The summed E-state index contributed by atoms with van der Waals surface area (Å²) in [7, 11) is 0. The molecule has 3 rings (SSSR count). The van der Waals surface area contributed by atoms with Crippen molar-refractivity contribution in [2.75, 3.05) is 5.32 Å². The molecule has 1 heterocycles. The van der Waals surface area contributed by atoms with Crippen LogP contribution >= 0.6 is 0 Å². The monoisotopic (exact) mass is 380 g/mol. The van der Waals surface area contributed by atoms with Crippen molar-refractivity contribution in [2.24, 2.45) is 5.73 Å². The molecular formula is C22H21FN2O3. The zero-order valence-corrected chi connectivity index (χ0v) is 15.5. The molecule has 3 N–H and O–H groups in total. The fourth-order valence-corrected chi connectivity index (χ4v) is 2.96. The van der Waals surface area contributed by atoms with Crippen molar-refractivity contribution in [1.82, 2.24) is 0 Å². The molecule has 0 spiro atoms. The molecule has 1 aromatic heterocycles. The van der Waals surface area contributed by atoms with Crippen LogP contribution in [0.25, 0.3) is 17.0 Å². The molecular weight excluding hydrogens is 359 g/mol. The van der Waals surface area contributed by atoms with Crippen LogP contribution in [0.15, 0.2) is 53.0 Å². The lowest BCUT2D eigenvalue weighted by molar-refractivity contribution is -0.111. The Hall–Kier alpha value is -3.41. The minimum atomic E-state index is -0.894. The van der Waals surface area contributed by atoms with Gasteiger partial charge in [0, 0.05) is 29.1 Å². The Labute approximate surface area is 162 Å². The van der Waals surface area contributed by atoms with Gasteiger partial charge in [-0.25, -0.2) is 4.39 Å². The van der Waals surface area contributed by atoms with Gasteiger partial charge in [0.1, 0.15) is 17.2 Å². The third-order valence-electron chi connectivity index (χ3n) is 4.37. The number of fused-ring (bicyclic) bond motifs is 1. The van der Waals surface area contributed by atoms with E-state index in [0.29, 0.717) is 0 Å². The van der Waals surface area contributed by atoms with Gasteiger partial charge in [-0.15, -0.1) is 0 Å². The van der Waals surface area contributed by atoms with Crippen molar-refractivity contribution in [3.05, 3.63) is 71.2 Å². The maximum Gasteiger partial charge on any atom is 0.251 e. The highest BCUT2D eigenvalue weighted by molar-refractivity contribution is 6.04. The smallest absolute Gasteiger partial charge is 0.251 e. The number of aryl methyl sites for hydroxylation is 1. The number of rotatable bonds is 7. The van der Waals surface area contributed by atoms with E-state index in [2.05, 4.69) is 12.2 Å². The lowest BCUT2D eigenvalue weighted by Gasteiger charge is -2.05. The van der Waals surface area contributed by atoms with E-state index in [9.17, 15) is 14.0 Å². The fourth-order valence-electron chi connectivity index (χ4n) is 2.96. The highest BCUT2D eigenvalue weighted by atomic mass is 19.1. The summed E-state index contributed by atoms with van der Waals surface area (Å²) in [5, 5.41) is 3.55. The van der Waals surface area contributed by atoms with Crippen molar-refractivity contribution >= 4 is 34.5 Å². The summed E-state index contributed by atoms with van der Waals surface area (Å²) in [6.07, 6.45) is 5.91. The second-order valence-electron chi connectivity index (χ2n) is 6.42. The van der Waals surface area contributed by atoms with E-state index in [0.717, 1.165) is 47.6 Å². The Morgan fingerprint density at radius 2 is 2.00 bits per heavy atom. The number of halogens is 1. The Kier molecular flexibility index (Phi) is 5.89. The Morgan fingerprint density at radius 3 is 2.75 bits per heavy atom. The van der Waals surface area contributed by atoms with Crippen LogP contribution in [-0.2, 0) is 11.2 Å². The number of amides is 2. The summed E-state index contributed by atoms with van der Waals surface area (Å²) in [5.41, 5.74) is 6.79. The van der Waals surface area contributed by atoms with Crippen LogP contribution < -0.4 is 11.1 Å². The average molecular weight is 380 g/mol. The normalized spacial score (nSPS) is 11.2. The summed E-state index contributed by atoms with van der Waals surface area (Å²) >= 11 is 0. The standard InChI is InChI=1S/C22H21FN2O3/c1-2-3-7-19-16(15-6-4-5-8-20(15)28-19)10-12-21(26)25-14-9-11-18(23)17(13-14)22(24)27/h4-6,8-13H,2-3,7H2,1H3,(H2,24,27)(H,25,26)/b12-10+. The molecule has 2 aromatic carbocycles. The molecule has 0 fully saturated rings. The van der Waals surface area contributed by atoms with Crippen LogP contribution in [0, 0.1) is 5.82 Å². The summed E-state index contributed by atoms with van der Waals surface area (Å²) in [4.78, 5) is 23.5. The molecule has 0 saturated carbocycles. The topological polar surface area (TPSA) is 85.3 Å². The highest BCUT2D eigenvalue weighted by Gasteiger charge is 2.12. The molecule has 0 aliphatic rings. The Bertz CT molecular complexity index is 1050. The van der Waals surface area contributed by atoms with E-state index >= 15 is 0 Å². The summed E-state index contributed by atoms with van der Waals surface area (Å²) in [6, 6.07) is 11.3. The van der Waals surface area contributed by atoms with Gasteiger partial charge in [0.15, 0.2) is 0 Å². The van der Waals surface area contributed by atoms with Crippen molar-refractivity contribution < 1.29 is 18.4 Å². The predicted molar refractivity (Wildman–Crippen MR) is 107 cm³/mol. The van der Waals surface area contributed by atoms with Crippen LogP contribution in [0.1, 0.15) is 41.4 Å². The van der Waals surface area contributed by atoms with Gasteiger partial charge in [0.05, 0.1) is 5.56 Å². The lowest BCUT2D eigenvalue weighted by Crippen LogP contribution is -2.14. The van der Waals surface area contributed by atoms with Gasteiger partial charge in [-0.2, -0.15) is 0 Å². The first-order valence-electron chi connectivity index (χ1n) is 9.08. The van der Waals surface area contributed by atoms with Gasteiger partial charge in [-0.3, -0.25) is 9.59 Å². The first kappa shape index (κ1) is 19.4. The molecule has 3 aromatic rings. The molecule has 0 bridgehead atoms. The number of hydrogen-bond donors (Lipinski definition) is 2. The number of para-hydroxylation sites is 1. The van der Waals surface area contributed by atoms with Gasteiger partial charge in [-0.1, -0.05) is 31.5 Å². The number of furan rings is 1. The first-order chi connectivity index (χ1) is 13.5. The van der Waals surface area contributed by atoms with Gasteiger partial charge in [-0.05, 0) is 36.8 Å². The van der Waals surface area contributed by atoms with Crippen LogP contribution in [0.5, 0.6) is 0 Å². The molecule has 0 radical (unpaired) electrons. The molecule has 0 atom stereocenters. The second kappa shape index (κ2) is 8.52. The number of hydrogen-bond acceptors (Lipinski definition) is 3. The van der Waals surface area contributed by atoms with E-state index in [4.69, 9.17) is 10.2 Å². The molecule has 6 heteroatoms. The van der Waals surface area contributed by atoms with Crippen LogP contribution in [-0.4, -0.2) is 11.8 Å². The van der Waals surface area contributed by atoms with Crippen LogP contribution in [0.2, 0.25) is 0 Å². The SMILES string of the molecule is CCCCc1oc2ccccc2c1/C=C/C(=O)Nc1ccc(F)c(C(N)=O)c1. The predicted octanol–water partition coefficient (Wildman–Crippen LogP) is 4.67. The number of anilines is 1. The number of carbonyl (C=O) groups excluding carboxylic acids is 2. The van der Waals surface area contributed by atoms with Gasteiger partial charge < -0.3 is 15.5 Å². The van der Waals surface area contributed by atoms with Crippen molar-refractivity contribution in [2.45, 2.75) is 26.2 Å². The molecule has 0 unspecified atom stereocenters. The van der Waals surface area contributed by atoms with E-state index in [-0.39, 0.29) is 11.3 Å². The van der Waals surface area contributed by atoms with Gasteiger partial charge in [0.2, 0.25) is 5.91 Å². The second-order valence-corrected chi connectivity index (χ2v) is 6.42. The molecule has 2 amide bonds. The molecule has 0 aliphatic heterocycles. The van der Waals surface area contributed by atoms with Crippen molar-refractivity contribution in [1.29, 1.82) is 0 Å². The molecule has 0 saturated heterocycles. The Balaban J connectivity index is 1.82. The van der Waals surface area contributed by atoms with E-state index in [1.807, 2.05) is 24.3 Å². The third-order valence-corrected chi connectivity index (χ3v) is 4.37. The van der Waals surface area contributed by atoms with Crippen molar-refractivity contribution in [3.63, 3.8) is 0 Å². The van der Waals surface area contributed by atoms with Gasteiger partial charge in [0.25, 0.3) is 5.91 Å². The lowest BCUT2D eigenvalue weighted by atomic mass is 10.1. The number of carbonyl (C=O) groups is 2. The van der Waals surface area contributed by atoms with Gasteiger partial charge >= 0.3 is 0 Å². The fraction of sp³-hybridized carbons (Fsp3) is 0.182. The number of primary amides is 1. The molecule has 0 aliphatic carbocycles. The zero-order chi connectivity index (χ0) is 20.1. The maximum absolute atomic E-state index is 13.5. The number of nitrogens with two attached hydrogens (primary N) is 1. The third kappa shape index (κ3) is 4.28. The average Bonchev–Trinajstić information content (AvgIpc) is 3.03. The van der Waals surface area contributed by atoms with Crippen LogP contribution in [0.3, 0.4) is 0 Å². The minimum Gasteiger partial charge on any atom is -0.460 e. The molecule has 5 nitrogen and oxygen atoms in total. The summed E-state index contributed by atoms with van der Waals surface area (Å²) < 4.78 is 19.5. The molecule has 144 valence electrons.